The molecule has 1 aromatic heterocycles. The lowest BCUT2D eigenvalue weighted by Crippen LogP contribution is -2.33. The molecule has 0 saturated carbocycles. The second-order valence-electron chi connectivity index (χ2n) is 4.40. The number of Topliss-reactive ketones (excluding diaryl/α,β-unsaturated/α-hetero) is 1. The summed E-state index contributed by atoms with van der Waals surface area (Å²) in [4.78, 5) is 22.2. The predicted octanol–water partition coefficient (Wildman–Crippen LogP) is 0.903. The van der Waals surface area contributed by atoms with Gasteiger partial charge in [-0.05, 0) is 24.1 Å². The number of carboxylic acids is 1. The number of carbonyl (C=O) groups is 2. The molecule has 0 fully saturated rings. The van der Waals surface area contributed by atoms with Crippen LogP contribution in [0.2, 0.25) is 0 Å². The van der Waals surface area contributed by atoms with E-state index in [0.29, 0.717) is 12.2 Å². The molecule has 0 aliphatic rings. The van der Waals surface area contributed by atoms with Crippen LogP contribution in [0.3, 0.4) is 0 Å². The maximum atomic E-state index is 11.5. The van der Waals surface area contributed by atoms with Gasteiger partial charge in [-0.2, -0.15) is 0 Å². The van der Waals surface area contributed by atoms with E-state index in [1.165, 1.54) is 4.57 Å². The van der Waals surface area contributed by atoms with Crippen LogP contribution in [-0.4, -0.2) is 16.3 Å². The first-order valence-corrected chi connectivity index (χ1v) is 6.12. The first-order chi connectivity index (χ1) is 9.59. The molecule has 0 aliphatic carbocycles. The number of carbonyl (C=O) groups excluding carboxylic acids is 2. The van der Waals surface area contributed by atoms with Gasteiger partial charge in [-0.15, -0.1) is 0 Å². The van der Waals surface area contributed by atoms with Crippen LogP contribution in [0, 0.1) is 6.92 Å². The highest BCUT2D eigenvalue weighted by Gasteiger charge is 2.15. The Labute approximate surface area is 116 Å². The van der Waals surface area contributed by atoms with E-state index in [1.54, 1.807) is 19.2 Å². The van der Waals surface area contributed by atoms with Crippen LogP contribution in [0.15, 0.2) is 42.6 Å². The van der Waals surface area contributed by atoms with Gasteiger partial charge < -0.3 is 19.2 Å². The topological polar surface area (TPSA) is 71.4 Å². The Kier molecular flexibility index (Phi) is 4.32. The van der Waals surface area contributed by atoms with Crippen molar-refractivity contribution in [3.63, 3.8) is 0 Å². The number of rotatable bonds is 6. The standard InChI is InChI=1S/C15H15NO4/c1-11-7-8-16(13(11)14(17)15(18)19)10-20-9-12-5-3-2-4-6-12/h2-8H,9-10H2,1H3,(H,18,19)/p-1. The molecule has 5 nitrogen and oxygen atoms in total. The molecule has 1 aromatic carbocycles. The Hall–Kier alpha value is -2.40. The number of benzene rings is 1. The number of aryl methyl sites for hydroxylation is 1. The van der Waals surface area contributed by atoms with Crippen molar-refractivity contribution in [1.82, 2.24) is 4.57 Å². The third-order valence-electron chi connectivity index (χ3n) is 2.91. The number of aromatic nitrogens is 1. The normalized spacial score (nSPS) is 10.4. The van der Waals surface area contributed by atoms with Gasteiger partial charge in [0.15, 0.2) is 0 Å². The Balaban J connectivity index is 2.03. The van der Waals surface area contributed by atoms with Gasteiger partial charge in [0.1, 0.15) is 12.7 Å². The molecule has 20 heavy (non-hydrogen) atoms. The summed E-state index contributed by atoms with van der Waals surface area (Å²) in [5.74, 6) is -2.74. The SMILES string of the molecule is Cc1ccn(COCc2ccccc2)c1C(=O)C(=O)[O-]. The molecule has 104 valence electrons. The zero-order chi connectivity index (χ0) is 14.5. The number of aliphatic carboxylic acids is 1. The van der Waals surface area contributed by atoms with E-state index in [1.807, 2.05) is 30.3 Å². The molecule has 1 heterocycles. The highest BCUT2D eigenvalue weighted by molar-refractivity contribution is 6.38. The molecule has 2 aromatic rings. The molecule has 0 bridgehead atoms. The van der Waals surface area contributed by atoms with E-state index in [4.69, 9.17) is 4.74 Å². The van der Waals surface area contributed by atoms with Crippen LogP contribution in [0.4, 0.5) is 0 Å². The summed E-state index contributed by atoms with van der Waals surface area (Å²) in [6.07, 6.45) is 1.62. The van der Waals surface area contributed by atoms with Gasteiger partial charge in [-0.25, -0.2) is 0 Å². The Morgan fingerprint density at radius 3 is 2.55 bits per heavy atom. The smallest absolute Gasteiger partial charge is 0.225 e. The van der Waals surface area contributed by atoms with E-state index in [0.717, 1.165) is 5.56 Å². The van der Waals surface area contributed by atoms with E-state index in [2.05, 4.69) is 0 Å². The van der Waals surface area contributed by atoms with Crippen molar-refractivity contribution in [3.8, 4) is 0 Å². The molecule has 0 unspecified atom stereocenters. The molecular weight excluding hydrogens is 258 g/mol. The lowest BCUT2D eigenvalue weighted by Gasteiger charge is -2.11. The molecule has 0 saturated heterocycles. The van der Waals surface area contributed by atoms with E-state index in [9.17, 15) is 14.7 Å². The first-order valence-electron chi connectivity index (χ1n) is 6.12. The zero-order valence-electron chi connectivity index (χ0n) is 11.0. The Bertz CT molecular complexity index is 616. The van der Waals surface area contributed by atoms with E-state index >= 15 is 0 Å². The van der Waals surface area contributed by atoms with Crippen molar-refractivity contribution in [3.05, 3.63) is 59.4 Å². The second kappa shape index (κ2) is 6.16. The second-order valence-corrected chi connectivity index (χ2v) is 4.40. The maximum absolute atomic E-state index is 11.5. The van der Waals surface area contributed by atoms with Crippen LogP contribution in [0.5, 0.6) is 0 Å². The van der Waals surface area contributed by atoms with Crippen LogP contribution in [0.25, 0.3) is 0 Å². The Morgan fingerprint density at radius 1 is 1.20 bits per heavy atom. The van der Waals surface area contributed by atoms with Crippen LogP contribution in [0.1, 0.15) is 21.6 Å². The lowest BCUT2D eigenvalue weighted by molar-refractivity contribution is -0.296. The number of nitrogens with zero attached hydrogens (tertiary/aromatic N) is 1. The summed E-state index contributed by atoms with van der Waals surface area (Å²) < 4.78 is 6.96. The summed E-state index contributed by atoms with van der Waals surface area (Å²) in [5.41, 5.74) is 1.68. The predicted molar refractivity (Wildman–Crippen MR) is 69.7 cm³/mol. The van der Waals surface area contributed by atoms with Gasteiger partial charge in [0.2, 0.25) is 5.78 Å². The minimum Gasteiger partial charge on any atom is -0.541 e. The number of carboxylic acid groups (broad SMARTS) is 1. The minimum absolute atomic E-state index is 0.0954. The molecule has 0 spiro atoms. The van der Waals surface area contributed by atoms with Crippen molar-refractivity contribution >= 4 is 11.8 Å². The van der Waals surface area contributed by atoms with Crippen molar-refractivity contribution in [2.45, 2.75) is 20.3 Å². The average molecular weight is 272 g/mol. The fraction of sp³-hybridized carbons (Fsp3) is 0.200. The summed E-state index contributed by atoms with van der Waals surface area (Å²) in [7, 11) is 0. The maximum Gasteiger partial charge on any atom is 0.225 e. The first kappa shape index (κ1) is 14.0. The summed E-state index contributed by atoms with van der Waals surface area (Å²) in [6, 6.07) is 11.2. The van der Waals surface area contributed by atoms with Crippen molar-refractivity contribution < 1.29 is 19.4 Å². The van der Waals surface area contributed by atoms with Gasteiger partial charge in [0, 0.05) is 6.20 Å². The number of hydrogen-bond donors (Lipinski definition) is 0. The molecule has 2 rings (SSSR count). The molecule has 5 heteroatoms. The third-order valence-corrected chi connectivity index (χ3v) is 2.91. The lowest BCUT2D eigenvalue weighted by atomic mass is 10.2. The third kappa shape index (κ3) is 3.13. The van der Waals surface area contributed by atoms with Gasteiger partial charge in [-0.1, -0.05) is 30.3 Å². The molecule has 0 amide bonds. The van der Waals surface area contributed by atoms with Crippen molar-refractivity contribution in [2.24, 2.45) is 0 Å². The zero-order valence-corrected chi connectivity index (χ0v) is 11.0. The molecule has 0 N–H and O–H groups in total. The number of hydrogen-bond acceptors (Lipinski definition) is 4. The molecule has 0 aliphatic heterocycles. The fourth-order valence-corrected chi connectivity index (χ4v) is 1.93. The average Bonchev–Trinajstić information content (AvgIpc) is 2.80. The number of ketones is 1. The van der Waals surface area contributed by atoms with Crippen molar-refractivity contribution in [1.29, 1.82) is 0 Å². The quantitative estimate of drug-likeness (QED) is 0.578. The fourth-order valence-electron chi connectivity index (χ4n) is 1.93. The van der Waals surface area contributed by atoms with Gasteiger partial charge in [0.25, 0.3) is 0 Å². The monoisotopic (exact) mass is 272 g/mol. The van der Waals surface area contributed by atoms with E-state index in [-0.39, 0.29) is 12.4 Å². The van der Waals surface area contributed by atoms with Crippen molar-refractivity contribution in [2.75, 3.05) is 0 Å². The molecular formula is C15H14NO4-. The van der Waals surface area contributed by atoms with Gasteiger partial charge >= 0.3 is 0 Å². The molecule has 0 atom stereocenters. The largest absolute Gasteiger partial charge is 0.541 e. The molecule has 0 radical (unpaired) electrons. The Morgan fingerprint density at radius 2 is 1.90 bits per heavy atom. The summed E-state index contributed by atoms with van der Waals surface area (Å²) in [5, 5.41) is 10.7. The minimum atomic E-state index is -1.71. The van der Waals surface area contributed by atoms with Gasteiger partial charge in [-0.3, -0.25) is 4.79 Å². The highest BCUT2D eigenvalue weighted by atomic mass is 16.5. The van der Waals surface area contributed by atoms with Gasteiger partial charge in [0.05, 0.1) is 12.3 Å². The van der Waals surface area contributed by atoms with Crippen LogP contribution >= 0.6 is 0 Å². The highest BCUT2D eigenvalue weighted by Crippen LogP contribution is 2.12. The van der Waals surface area contributed by atoms with E-state index < -0.39 is 11.8 Å². The summed E-state index contributed by atoms with van der Waals surface area (Å²) in [6.45, 7) is 2.16. The van der Waals surface area contributed by atoms with Crippen LogP contribution in [-0.2, 0) is 22.9 Å². The summed E-state index contributed by atoms with van der Waals surface area (Å²) >= 11 is 0. The van der Waals surface area contributed by atoms with Crippen LogP contribution < -0.4 is 5.11 Å². The number of ether oxygens (including phenoxy) is 1.